The first kappa shape index (κ1) is 26.3. The average Bonchev–Trinajstić information content (AvgIpc) is 3.09. The van der Waals surface area contributed by atoms with E-state index in [1.807, 2.05) is 52.0 Å². The van der Waals surface area contributed by atoms with Crippen molar-refractivity contribution >= 4 is 18.0 Å². The fourth-order valence-electron chi connectivity index (χ4n) is 4.74. The highest BCUT2D eigenvalue weighted by Crippen LogP contribution is 2.44. The van der Waals surface area contributed by atoms with E-state index >= 15 is 0 Å². The molecule has 0 radical (unpaired) electrons. The summed E-state index contributed by atoms with van der Waals surface area (Å²) in [6, 6.07) is 15.4. The first-order chi connectivity index (χ1) is 16.6. The Morgan fingerprint density at radius 3 is 2.00 bits per heavy atom. The molecule has 35 heavy (non-hydrogen) atoms. The van der Waals surface area contributed by atoms with E-state index < -0.39 is 24.1 Å². The number of alkyl carbamates (subject to hydrolysis) is 1. The Hall–Kier alpha value is -3.35. The van der Waals surface area contributed by atoms with Crippen LogP contribution in [0.1, 0.15) is 70.4 Å². The summed E-state index contributed by atoms with van der Waals surface area (Å²) in [6.07, 6.45) is 0.442. The summed E-state index contributed by atoms with van der Waals surface area (Å²) in [5.41, 5.74) is 4.46. The first-order valence-electron chi connectivity index (χ1n) is 12.2. The summed E-state index contributed by atoms with van der Waals surface area (Å²) in [7, 11) is 0. The third kappa shape index (κ3) is 7.31. The lowest BCUT2D eigenvalue weighted by Gasteiger charge is -2.27. The SMILES string of the molecule is CC[C@@H](CC(=O)O)NC(=O)CC(CC(C)(C)C)NC(=O)OCC1c2ccccc2-c2ccccc21. The van der Waals surface area contributed by atoms with Crippen molar-refractivity contribution in [3.63, 3.8) is 0 Å². The Morgan fingerprint density at radius 1 is 0.914 bits per heavy atom. The Morgan fingerprint density at radius 2 is 1.49 bits per heavy atom. The number of carbonyl (C=O) groups excluding carboxylic acids is 2. The molecule has 2 aromatic rings. The zero-order valence-corrected chi connectivity index (χ0v) is 21.0. The first-order valence-corrected chi connectivity index (χ1v) is 12.2. The zero-order chi connectivity index (χ0) is 25.6. The highest BCUT2D eigenvalue weighted by atomic mass is 16.5. The molecule has 0 spiro atoms. The van der Waals surface area contributed by atoms with Crippen LogP contribution in [0.3, 0.4) is 0 Å². The number of fused-ring (bicyclic) bond motifs is 3. The molecule has 3 rings (SSSR count). The number of hydrogen-bond donors (Lipinski definition) is 3. The number of benzene rings is 2. The minimum absolute atomic E-state index is 0.0427. The van der Waals surface area contributed by atoms with E-state index in [2.05, 4.69) is 34.9 Å². The molecular weight excluding hydrogens is 444 g/mol. The maximum atomic E-state index is 12.8. The van der Waals surface area contributed by atoms with Crippen molar-refractivity contribution in [3.8, 4) is 11.1 Å². The van der Waals surface area contributed by atoms with Crippen LogP contribution in [0.2, 0.25) is 0 Å². The molecule has 0 fully saturated rings. The minimum atomic E-state index is -0.958. The van der Waals surface area contributed by atoms with E-state index in [1.165, 1.54) is 0 Å². The molecule has 1 unspecified atom stereocenters. The van der Waals surface area contributed by atoms with Crippen LogP contribution < -0.4 is 10.6 Å². The summed E-state index contributed by atoms with van der Waals surface area (Å²) in [4.78, 5) is 36.4. The average molecular weight is 481 g/mol. The lowest BCUT2D eigenvalue weighted by atomic mass is 9.87. The largest absolute Gasteiger partial charge is 0.481 e. The van der Waals surface area contributed by atoms with Crippen LogP contribution in [-0.4, -0.2) is 41.8 Å². The predicted molar refractivity (Wildman–Crippen MR) is 135 cm³/mol. The Bertz CT molecular complexity index is 1010. The van der Waals surface area contributed by atoms with Gasteiger partial charge in [-0.2, -0.15) is 0 Å². The third-order valence-electron chi connectivity index (χ3n) is 6.24. The molecule has 3 N–H and O–H groups in total. The second kappa shape index (κ2) is 11.4. The molecule has 7 heteroatoms. The molecule has 0 aliphatic heterocycles. The van der Waals surface area contributed by atoms with Gasteiger partial charge in [-0.1, -0.05) is 76.2 Å². The lowest BCUT2D eigenvalue weighted by Crippen LogP contribution is -2.44. The highest BCUT2D eigenvalue weighted by Gasteiger charge is 2.30. The fraction of sp³-hybridized carbons (Fsp3) is 0.464. The van der Waals surface area contributed by atoms with Crippen LogP contribution in [0.25, 0.3) is 11.1 Å². The number of nitrogens with one attached hydrogen (secondary N) is 2. The quantitative estimate of drug-likeness (QED) is 0.439. The van der Waals surface area contributed by atoms with Crippen LogP contribution in [0.5, 0.6) is 0 Å². The maximum absolute atomic E-state index is 12.8. The van der Waals surface area contributed by atoms with Gasteiger partial charge < -0.3 is 20.5 Å². The van der Waals surface area contributed by atoms with Crippen molar-refractivity contribution in [1.82, 2.24) is 10.6 Å². The molecule has 188 valence electrons. The molecule has 0 bridgehead atoms. The number of ether oxygens (including phenoxy) is 1. The van der Waals surface area contributed by atoms with E-state index in [0.717, 1.165) is 22.3 Å². The van der Waals surface area contributed by atoms with Crippen molar-refractivity contribution in [3.05, 3.63) is 59.7 Å². The van der Waals surface area contributed by atoms with Crippen molar-refractivity contribution in [2.45, 2.75) is 71.4 Å². The molecule has 0 saturated heterocycles. The molecule has 0 heterocycles. The van der Waals surface area contributed by atoms with E-state index in [4.69, 9.17) is 9.84 Å². The molecule has 2 atom stereocenters. The number of amides is 2. The van der Waals surface area contributed by atoms with Gasteiger partial charge in [-0.05, 0) is 40.5 Å². The number of aliphatic carboxylic acids is 1. The van der Waals surface area contributed by atoms with Gasteiger partial charge in [-0.3, -0.25) is 9.59 Å². The van der Waals surface area contributed by atoms with E-state index in [1.54, 1.807) is 0 Å². The highest BCUT2D eigenvalue weighted by molar-refractivity contribution is 5.80. The summed E-state index contributed by atoms with van der Waals surface area (Å²) in [5, 5.41) is 14.7. The van der Waals surface area contributed by atoms with Gasteiger partial charge in [-0.25, -0.2) is 4.79 Å². The van der Waals surface area contributed by atoms with E-state index in [9.17, 15) is 14.4 Å². The lowest BCUT2D eigenvalue weighted by molar-refractivity contribution is -0.137. The van der Waals surface area contributed by atoms with Gasteiger partial charge >= 0.3 is 12.1 Å². The number of carboxylic acid groups (broad SMARTS) is 1. The summed E-state index contributed by atoms with van der Waals surface area (Å²) < 4.78 is 5.66. The van der Waals surface area contributed by atoms with Gasteiger partial charge in [-0.15, -0.1) is 0 Å². The summed E-state index contributed by atoms with van der Waals surface area (Å²) in [6.45, 7) is 8.14. The second-order valence-corrected chi connectivity index (χ2v) is 10.4. The molecular formula is C28H36N2O5. The molecule has 1 aliphatic rings. The van der Waals surface area contributed by atoms with Crippen molar-refractivity contribution in [1.29, 1.82) is 0 Å². The number of hydrogen-bond acceptors (Lipinski definition) is 4. The van der Waals surface area contributed by atoms with Gasteiger partial charge in [0, 0.05) is 24.4 Å². The Kier molecular flexibility index (Phi) is 8.54. The number of rotatable bonds is 10. The Balaban J connectivity index is 1.63. The van der Waals surface area contributed by atoms with Crippen LogP contribution in [-0.2, 0) is 14.3 Å². The van der Waals surface area contributed by atoms with Crippen LogP contribution >= 0.6 is 0 Å². The standard InChI is InChI=1S/C28H36N2O5/c1-5-18(15-26(32)33)29-25(31)14-19(16-28(2,3)4)30-27(34)35-17-24-22-12-8-6-10-20(22)21-11-7-9-13-23(21)24/h6-13,18-19,24H,5,14-17H2,1-4H3,(H,29,31)(H,30,34)(H,32,33)/t18-,19?/m0/s1. The van der Waals surface area contributed by atoms with Gasteiger partial charge in [0.2, 0.25) is 5.91 Å². The van der Waals surface area contributed by atoms with Crippen molar-refractivity contribution in [2.75, 3.05) is 6.61 Å². The maximum Gasteiger partial charge on any atom is 0.407 e. The normalized spacial score (nSPS) is 14.4. The molecule has 2 aromatic carbocycles. The third-order valence-corrected chi connectivity index (χ3v) is 6.24. The molecule has 1 aliphatic carbocycles. The fourth-order valence-corrected chi connectivity index (χ4v) is 4.74. The molecule has 0 saturated carbocycles. The summed E-state index contributed by atoms with van der Waals surface area (Å²) >= 11 is 0. The summed E-state index contributed by atoms with van der Waals surface area (Å²) in [5.74, 6) is -1.29. The van der Waals surface area contributed by atoms with Crippen LogP contribution in [0.4, 0.5) is 4.79 Å². The van der Waals surface area contributed by atoms with Gasteiger partial charge in [0.15, 0.2) is 0 Å². The number of carbonyl (C=O) groups is 3. The van der Waals surface area contributed by atoms with Crippen molar-refractivity contribution in [2.24, 2.45) is 5.41 Å². The van der Waals surface area contributed by atoms with Crippen LogP contribution in [0, 0.1) is 5.41 Å². The minimum Gasteiger partial charge on any atom is -0.481 e. The smallest absolute Gasteiger partial charge is 0.407 e. The van der Waals surface area contributed by atoms with E-state index in [-0.39, 0.29) is 36.7 Å². The Labute approximate surface area is 207 Å². The topological polar surface area (TPSA) is 105 Å². The predicted octanol–water partition coefficient (Wildman–Crippen LogP) is 5.09. The number of carboxylic acids is 1. The van der Waals surface area contributed by atoms with Gasteiger partial charge in [0.1, 0.15) is 6.61 Å². The molecule has 7 nitrogen and oxygen atoms in total. The molecule has 0 aromatic heterocycles. The van der Waals surface area contributed by atoms with Crippen molar-refractivity contribution < 1.29 is 24.2 Å². The van der Waals surface area contributed by atoms with Gasteiger partial charge in [0.25, 0.3) is 0 Å². The van der Waals surface area contributed by atoms with Crippen LogP contribution in [0.15, 0.2) is 48.5 Å². The molecule has 2 amide bonds. The monoisotopic (exact) mass is 480 g/mol. The van der Waals surface area contributed by atoms with Gasteiger partial charge in [0.05, 0.1) is 6.42 Å². The van der Waals surface area contributed by atoms with E-state index in [0.29, 0.717) is 12.8 Å². The second-order valence-electron chi connectivity index (χ2n) is 10.4. The zero-order valence-electron chi connectivity index (χ0n) is 21.0.